The van der Waals surface area contributed by atoms with E-state index in [1.807, 2.05) is 0 Å². The summed E-state index contributed by atoms with van der Waals surface area (Å²) >= 11 is 0. The summed E-state index contributed by atoms with van der Waals surface area (Å²) in [6.07, 6.45) is 0. The van der Waals surface area contributed by atoms with Gasteiger partial charge in [0.05, 0.1) is 12.2 Å². The molecular weight excluding hydrogens is 222 g/mol. The van der Waals surface area contributed by atoms with Crippen molar-refractivity contribution >= 4 is 0 Å². The number of aromatic nitrogens is 2. The molecule has 3 heteroatoms. The summed E-state index contributed by atoms with van der Waals surface area (Å²) in [6.45, 7) is 10.2. The third-order valence-electron chi connectivity index (χ3n) is 3.12. The molecule has 1 heterocycles. The molecule has 0 aliphatic carbocycles. The largest absolute Gasteiger partial charge is 0.344 e. The number of aromatic amines is 1. The first kappa shape index (κ1) is 12.8. The van der Waals surface area contributed by atoms with Gasteiger partial charge in [0.15, 0.2) is 0 Å². The number of hydrogen-bond acceptors (Lipinski definition) is 2. The molecule has 2 rings (SSSR count). The molecule has 1 aromatic heterocycles. The van der Waals surface area contributed by atoms with Crippen molar-refractivity contribution < 1.29 is 0 Å². The maximum atomic E-state index is 4.70. The molecule has 3 nitrogen and oxygen atoms in total. The molecule has 0 aliphatic rings. The minimum atomic E-state index is 0.794. The van der Waals surface area contributed by atoms with Gasteiger partial charge in [0, 0.05) is 11.3 Å². The van der Waals surface area contributed by atoms with E-state index in [-0.39, 0.29) is 0 Å². The zero-order chi connectivity index (χ0) is 13.1. The standard InChI is InChI=1S/C15H21N3/c1-5-16-9-14-17-12(4)15(18-14)13-8-10(2)6-7-11(13)3/h6-8,16H,5,9H2,1-4H3,(H,17,18). The predicted octanol–water partition coefficient (Wildman–Crippen LogP) is 3.11. The molecule has 0 saturated heterocycles. The topological polar surface area (TPSA) is 40.7 Å². The molecule has 2 aromatic rings. The Morgan fingerprint density at radius 1 is 1.22 bits per heavy atom. The van der Waals surface area contributed by atoms with Crippen molar-refractivity contribution in [2.45, 2.75) is 34.2 Å². The lowest BCUT2D eigenvalue weighted by Gasteiger charge is -2.05. The normalized spacial score (nSPS) is 10.9. The van der Waals surface area contributed by atoms with E-state index in [2.05, 4.69) is 56.2 Å². The van der Waals surface area contributed by atoms with Crippen molar-refractivity contribution in [1.82, 2.24) is 15.3 Å². The molecular formula is C15H21N3. The van der Waals surface area contributed by atoms with Gasteiger partial charge in [-0.05, 0) is 38.9 Å². The van der Waals surface area contributed by atoms with Crippen LogP contribution in [-0.2, 0) is 6.54 Å². The van der Waals surface area contributed by atoms with Crippen molar-refractivity contribution in [2.24, 2.45) is 0 Å². The van der Waals surface area contributed by atoms with Crippen molar-refractivity contribution in [2.75, 3.05) is 6.54 Å². The predicted molar refractivity (Wildman–Crippen MR) is 75.6 cm³/mol. The molecule has 0 fully saturated rings. The number of hydrogen-bond donors (Lipinski definition) is 2. The van der Waals surface area contributed by atoms with Gasteiger partial charge in [0.25, 0.3) is 0 Å². The third-order valence-corrected chi connectivity index (χ3v) is 3.12. The first-order chi connectivity index (χ1) is 8.61. The number of imidazole rings is 1. The van der Waals surface area contributed by atoms with Crippen LogP contribution in [0.5, 0.6) is 0 Å². The number of nitrogens with zero attached hydrogens (tertiary/aromatic N) is 1. The average molecular weight is 243 g/mol. The highest BCUT2D eigenvalue weighted by molar-refractivity contribution is 5.66. The van der Waals surface area contributed by atoms with Crippen molar-refractivity contribution in [3.8, 4) is 11.3 Å². The second-order valence-corrected chi connectivity index (χ2v) is 4.76. The van der Waals surface area contributed by atoms with Crippen LogP contribution in [0.3, 0.4) is 0 Å². The van der Waals surface area contributed by atoms with Gasteiger partial charge in [-0.25, -0.2) is 4.98 Å². The number of benzene rings is 1. The van der Waals surface area contributed by atoms with E-state index < -0.39 is 0 Å². The minimum Gasteiger partial charge on any atom is -0.344 e. The van der Waals surface area contributed by atoms with E-state index in [4.69, 9.17) is 4.98 Å². The Hall–Kier alpha value is -1.61. The summed E-state index contributed by atoms with van der Waals surface area (Å²) in [7, 11) is 0. The van der Waals surface area contributed by atoms with Gasteiger partial charge in [0.2, 0.25) is 0 Å². The quantitative estimate of drug-likeness (QED) is 0.866. The number of H-pyrrole nitrogens is 1. The summed E-state index contributed by atoms with van der Waals surface area (Å²) < 4.78 is 0. The van der Waals surface area contributed by atoms with Crippen LogP contribution in [0.25, 0.3) is 11.3 Å². The number of rotatable bonds is 4. The fourth-order valence-corrected chi connectivity index (χ4v) is 2.10. The maximum Gasteiger partial charge on any atom is 0.121 e. The van der Waals surface area contributed by atoms with Gasteiger partial charge in [0.1, 0.15) is 5.82 Å². The summed E-state index contributed by atoms with van der Waals surface area (Å²) in [6, 6.07) is 6.50. The van der Waals surface area contributed by atoms with E-state index in [1.54, 1.807) is 0 Å². The van der Waals surface area contributed by atoms with Gasteiger partial charge in [-0.1, -0.05) is 24.6 Å². The Morgan fingerprint density at radius 3 is 2.72 bits per heavy atom. The fourth-order valence-electron chi connectivity index (χ4n) is 2.10. The molecule has 0 saturated carbocycles. The highest BCUT2D eigenvalue weighted by atomic mass is 15.0. The Balaban J connectivity index is 2.38. The average Bonchev–Trinajstić information content (AvgIpc) is 2.71. The molecule has 18 heavy (non-hydrogen) atoms. The van der Waals surface area contributed by atoms with Crippen LogP contribution in [0.15, 0.2) is 18.2 Å². The molecule has 2 N–H and O–H groups in total. The molecule has 0 spiro atoms. The van der Waals surface area contributed by atoms with E-state index in [0.29, 0.717) is 0 Å². The molecule has 0 atom stereocenters. The van der Waals surface area contributed by atoms with Crippen LogP contribution in [0, 0.1) is 20.8 Å². The molecule has 0 radical (unpaired) electrons. The Morgan fingerprint density at radius 2 is 2.00 bits per heavy atom. The van der Waals surface area contributed by atoms with Gasteiger partial charge >= 0.3 is 0 Å². The zero-order valence-electron chi connectivity index (χ0n) is 11.6. The Kier molecular flexibility index (Phi) is 3.82. The molecule has 96 valence electrons. The summed E-state index contributed by atoms with van der Waals surface area (Å²) in [5.41, 5.74) is 5.98. The first-order valence-corrected chi connectivity index (χ1v) is 6.45. The summed E-state index contributed by atoms with van der Waals surface area (Å²) in [5, 5.41) is 3.29. The summed E-state index contributed by atoms with van der Waals surface area (Å²) in [4.78, 5) is 8.05. The van der Waals surface area contributed by atoms with E-state index in [1.165, 1.54) is 16.7 Å². The molecule has 0 unspecified atom stereocenters. The minimum absolute atomic E-state index is 0.794. The first-order valence-electron chi connectivity index (χ1n) is 6.45. The van der Waals surface area contributed by atoms with Gasteiger partial charge in [-0.3, -0.25) is 0 Å². The van der Waals surface area contributed by atoms with Crippen molar-refractivity contribution in [1.29, 1.82) is 0 Å². The van der Waals surface area contributed by atoms with Crippen LogP contribution in [-0.4, -0.2) is 16.5 Å². The van der Waals surface area contributed by atoms with E-state index >= 15 is 0 Å². The number of aryl methyl sites for hydroxylation is 3. The SMILES string of the molecule is CCNCc1nc(-c2cc(C)ccc2C)c(C)[nH]1. The highest BCUT2D eigenvalue weighted by Crippen LogP contribution is 2.25. The fraction of sp³-hybridized carbons (Fsp3) is 0.400. The smallest absolute Gasteiger partial charge is 0.121 e. The zero-order valence-corrected chi connectivity index (χ0v) is 11.6. The maximum absolute atomic E-state index is 4.70. The van der Waals surface area contributed by atoms with Crippen LogP contribution in [0.1, 0.15) is 29.6 Å². The second kappa shape index (κ2) is 5.36. The third kappa shape index (κ3) is 2.62. The lowest BCUT2D eigenvalue weighted by molar-refractivity contribution is 0.697. The van der Waals surface area contributed by atoms with Gasteiger partial charge < -0.3 is 10.3 Å². The van der Waals surface area contributed by atoms with E-state index in [0.717, 1.165) is 30.3 Å². The van der Waals surface area contributed by atoms with Gasteiger partial charge in [-0.15, -0.1) is 0 Å². The van der Waals surface area contributed by atoms with Crippen LogP contribution in [0.4, 0.5) is 0 Å². The van der Waals surface area contributed by atoms with E-state index in [9.17, 15) is 0 Å². The van der Waals surface area contributed by atoms with Crippen molar-refractivity contribution in [3.05, 3.63) is 40.8 Å². The monoisotopic (exact) mass is 243 g/mol. The Bertz CT molecular complexity index is 541. The molecule has 0 aliphatic heterocycles. The van der Waals surface area contributed by atoms with Crippen molar-refractivity contribution in [3.63, 3.8) is 0 Å². The molecule has 1 aromatic carbocycles. The van der Waals surface area contributed by atoms with Gasteiger partial charge in [-0.2, -0.15) is 0 Å². The highest BCUT2D eigenvalue weighted by Gasteiger charge is 2.11. The van der Waals surface area contributed by atoms with Crippen LogP contribution in [0.2, 0.25) is 0 Å². The molecule has 0 amide bonds. The lowest BCUT2D eigenvalue weighted by atomic mass is 10.0. The summed E-state index contributed by atoms with van der Waals surface area (Å²) in [5.74, 6) is 1.00. The Labute approximate surface area is 109 Å². The number of nitrogens with one attached hydrogen (secondary N) is 2. The second-order valence-electron chi connectivity index (χ2n) is 4.76. The molecule has 0 bridgehead atoms. The van der Waals surface area contributed by atoms with Crippen LogP contribution < -0.4 is 5.32 Å². The van der Waals surface area contributed by atoms with Crippen LogP contribution >= 0.6 is 0 Å². The lowest BCUT2D eigenvalue weighted by Crippen LogP contribution is -2.12.